The molecule has 0 radical (unpaired) electrons. The maximum absolute atomic E-state index is 4.04. The van der Waals surface area contributed by atoms with Gasteiger partial charge in [0.15, 0.2) is 5.82 Å². The third kappa shape index (κ3) is 2.05. The van der Waals surface area contributed by atoms with Crippen molar-refractivity contribution in [2.75, 3.05) is 5.32 Å². The van der Waals surface area contributed by atoms with Gasteiger partial charge in [0.05, 0.1) is 6.54 Å². The molecule has 2 aromatic carbocycles. The highest BCUT2D eigenvalue weighted by Gasteiger charge is 2.00. The summed E-state index contributed by atoms with van der Waals surface area (Å²) in [5.74, 6) is 0.920. The van der Waals surface area contributed by atoms with E-state index in [2.05, 4.69) is 58.0 Å². The fourth-order valence-corrected chi connectivity index (χ4v) is 1.95. The fourth-order valence-electron chi connectivity index (χ4n) is 1.95. The molecule has 0 amide bonds. The third-order valence-corrected chi connectivity index (χ3v) is 3.01. The number of hydrogen-bond donors (Lipinski definition) is 1. The van der Waals surface area contributed by atoms with E-state index < -0.39 is 0 Å². The van der Waals surface area contributed by atoms with Crippen LogP contribution in [-0.4, -0.2) is 14.8 Å². The molecule has 4 heteroatoms. The second-order valence-corrected chi connectivity index (χ2v) is 4.27. The summed E-state index contributed by atoms with van der Waals surface area (Å²) in [5, 5.41) is 13.7. The van der Waals surface area contributed by atoms with Crippen molar-refractivity contribution in [1.82, 2.24) is 14.8 Å². The molecule has 1 heterocycles. The van der Waals surface area contributed by atoms with Crippen molar-refractivity contribution in [3.8, 4) is 0 Å². The molecule has 0 fully saturated rings. The minimum absolute atomic E-state index is 0.675. The van der Waals surface area contributed by atoms with E-state index in [1.54, 1.807) is 6.33 Å². The number of rotatable bonds is 3. The van der Waals surface area contributed by atoms with E-state index in [4.69, 9.17) is 0 Å². The Kier molecular flexibility index (Phi) is 2.68. The monoisotopic (exact) mass is 238 g/mol. The Hall–Kier alpha value is -2.36. The summed E-state index contributed by atoms with van der Waals surface area (Å²) in [6.45, 7) is 0.675. The third-order valence-electron chi connectivity index (χ3n) is 3.01. The SMILES string of the molecule is Cn1cnnc1CNc1ccc2ccccc2c1. The minimum atomic E-state index is 0.675. The number of nitrogens with one attached hydrogen (secondary N) is 1. The van der Waals surface area contributed by atoms with Crippen LogP contribution in [0.1, 0.15) is 5.82 Å². The summed E-state index contributed by atoms with van der Waals surface area (Å²) in [7, 11) is 1.94. The molecular formula is C14H14N4. The summed E-state index contributed by atoms with van der Waals surface area (Å²) >= 11 is 0. The van der Waals surface area contributed by atoms with Crippen LogP contribution in [0.3, 0.4) is 0 Å². The molecule has 0 aliphatic heterocycles. The number of anilines is 1. The van der Waals surface area contributed by atoms with Gasteiger partial charge >= 0.3 is 0 Å². The Morgan fingerprint density at radius 3 is 2.72 bits per heavy atom. The molecule has 0 aliphatic rings. The summed E-state index contributed by atoms with van der Waals surface area (Å²) in [6, 6.07) is 14.7. The van der Waals surface area contributed by atoms with Crippen LogP contribution >= 0.6 is 0 Å². The lowest BCUT2D eigenvalue weighted by atomic mass is 10.1. The zero-order valence-corrected chi connectivity index (χ0v) is 10.2. The van der Waals surface area contributed by atoms with Crippen LogP contribution in [0.5, 0.6) is 0 Å². The Morgan fingerprint density at radius 2 is 1.94 bits per heavy atom. The smallest absolute Gasteiger partial charge is 0.151 e. The van der Waals surface area contributed by atoms with Gasteiger partial charge in [-0.2, -0.15) is 0 Å². The average molecular weight is 238 g/mol. The minimum Gasteiger partial charge on any atom is -0.378 e. The second kappa shape index (κ2) is 4.49. The van der Waals surface area contributed by atoms with Gasteiger partial charge in [-0.15, -0.1) is 10.2 Å². The molecule has 4 nitrogen and oxygen atoms in total. The highest BCUT2D eigenvalue weighted by molar-refractivity contribution is 5.85. The number of benzene rings is 2. The lowest BCUT2D eigenvalue weighted by Crippen LogP contribution is -2.05. The molecule has 0 saturated carbocycles. The van der Waals surface area contributed by atoms with E-state index in [9.17, 15) is 0 Å². The van der Waals surface area contributed by atoms with Crippen molar-refractivity contribution in [3.05, 3.63) is 54.6 Å². The predicted molar refractivity (Wildman–Crippen MR) is 72.3 cm³/mol. The molecule has 90 valence electrons. The zero-order valence-electron chi connectivity index (χ0n) is 10.2. The van der Waals surface area contributed by atoms with E-state index >= 15 is 0 Å². The Labute approximate surface area is 105 Å². The van der Waals surface area contributed by atoms with E-state index in [1.807, 2.05) is 11.6 Å². The Balaban J connectivity index is 1.81. The number of aromatic nitrogens is 3. The molecule has 0 saturated heterocycles. The lowest BCUT2D eigenvalue weighted by molar-refractivity contribution is 0.812. The van der Waals surface area contributed by atoms with Gasteiger partial charge in [0, 0.05) is 12.7 Å². The van der Waals surface area contributed by atoms with Crippen LogP contribution in [0.25, 0.3) is 10.8 Å². The number of hydrogen-bond acceptors (Lipinski definition) is 3. The van der Waals surface area contributed by atoms with E-state index in [0.717, 1.165) is 11.5 Å². The summed E-state index contributed by atoms with van der Waals surface area (Å²) in [6.07, 6.45) is 1.71. The number of fused-ring (bicyclic) bond motifs is 1. The summed E-state index contributed by atoms with van der Waals surface area (Å²) in [4.78, 5) is 0. The van der Waals surface area contributed by atoms with Gasteiger partial charge in [-0.3, -0.25) is 0 Å². The first-order valence-corrected chi connectivity index (χ1v) is 5.88. The normalized spacial score (nSPS) is 10.7. The highest BCUT2D eigenvalue weighted by atomic mass is 15.3. The van der Waals surface area contributed by atoms with Gasteiger partial charge in [0.2, 0.25) is 0 Å². The maximum atomic E-state index is 4.04. The van der Waals surface area contributed by atoms with Gasteiger partial charge in [0.25, 0.3) is 0 Å². The Bertz CT molecular complexity index is 672. The first-order valence-electron chi connectivity index (χ1n) is 5.88. The van der Waals surface area contributed by atoms with Crippen LogP contribution in [0, 0.1) is 0 Å². The van der Waals surface area contributed by atoms with Gasteiger partial charge in [-0.05, 0) is 22.9 Å². The molecule has 0 atom stereocenters. The van der Waals surface area contributed by atoms with E-state index in [1.165, 1.54) is 10.8 Å². The van der Waals surface area contributed by atoms with Gasteiger partial charge in [-0.25, -0.2) is 0 Å². The average Bonchev–Trinajstić information content (AvgIpc) is 2.82. The van der Waals surface area contributed by atoms with Crippen LogP contribution in [-0.2, 0) is 13.6 Å². The van der Waals surface area contributed by atoms with E-state index in [0.29, 0.717) is 6.54 Å². The molecule has 1 aromatic heterocycles. The quantitative estimate of drug-likeness (QED) is 0.762. The highest BCUT2D eigenvalue weighted by Crippen LogP contribution is 2.19. The van der Waals surface area contributed by atoms with Crippen molar-refractivity contribution in [3.63, 3.8) is 0 Å². The molecule has 0 bridgehead atoms. The van der Waals surface area contributed by atoms with Crippen LogP contribution in [0.4, 0.5) is 5.69 Å². The number of nitrogens with zero attached hydrogens (tertiary/aromatic N) is 3. The topological polar surface area (TPSA) is 42.7 Å². The van der Waals surface area contributed by atoms with Gasteiger partial charge in [-0.1, -0.05) is 30.3 Å². The van der Waals surface area contributed by atoms with Crippen LogP contribution in [0.2, 0.25) is 0 Å². The second-order valence-electron chi connectivity index (χ2n) is 4.27. The fraction of sp³-hybridized carbons (Fsp3) is 0.143. The molecule has 3 aromatic rings. The standard InChI is InChI=1S/C14H14N4/c1-18-10-16-17-14(18)9-15-13-7-6-11-4-2-3-5-12(11)8-13/h2-8,10,15H,9H2,1H3. The summed E-state index contributed by atoms with van der Waals surface area (Å²) < 4.78 is 1.91. The first kappa shape index (κ1) is 10.8. The first-order chi connectivity index (χ1) is 8.83. The van der Waals surface area contributed by atoms with Crippen molar-refractivity contribution in [2.24, 2.45) is 7.05 Å². The molecule has 0 spiro atoms. The summed E-state index contributed by atoms with van der Waals surface area (Å²) in [5.41, 5.74) is 1.09. The largest absolute Gasteiger partial charge is 0.378 e. The van der Waals surface area contributed by atoms with Gasteiger partial charge in [0.1, 0.15) is 6.33 Å². The molecule has 18 heavy (non-hydrogen) atoms. The lowest BCUT2D eigenvalue weighted by Gasteiger charge is -2.07. The molecule has 3 rings (SSSR count). The Morgan fingerprint density at radius 1 is 1.11 bits per heavy atom. The van der Waals surface area contributed by atoms with Crippen molar-refractivity contribution < 1.29 is 0 Å². The molecular weight excluding hydrogens is 224 g/mol. The van der Waals surface area contributed by atoms with Crippen LogP contribution < -0.4 is 5.32 Å². The number of aryl methyl sites for hydroxylation is 1. The molecule has 1 N–H and O–H groups in total. The van der Waals surface area contributed by atoms with Crippen molar-refractivity contribution >= 4 is 16.5 Å². The molecule has 0 aliphatic carbocycles. The predicted octanol–water partition coefficient (Wildman–Crippen LogP) is 2.58. The van der Waals surface area contributed by atoms with Crippen LogP contribution in [0.15, 0.2) is 48.8 Å². The van der Waals surface area contributed by atoms with Crippen molar-refractivity contribution in [1.29, 1.82) is 0 Å². The molecule has 0 unspecified atom stereocenters. The van der Waals surface area contributed by atoms with E-state index in [-0.39, 0.29) is 0 Å². The van der Waals surface area contributed by atoms with Gasteiger partial charge < -0.3 is 9.88 Å². The van der Waals surface area contributed by atoms with Crippen molar-refractivity contribution in [2.45, 2.75) is 6.54 Å². The zero-order chi connectivity index (χ0) is 12.4. The maximum Gasteiger partial charge on any atom is 0.151 e.